The van der Waals surface area contributed by atoms with Crippen LogP contribution >= 0.6 is 0 Å². The Morgan fingerprint density at radius 2 is 1.64 bits per heavy atom. The molecular formula is C33H36N2O4. The minimum Gasteiger partial charge on any atom is -0.507 e. The van der Waals surface area contributed by atoms with Crippen molar-refractivity contribution >= 4 is 28.8 Å². The Hall–Kier alpha value is -4.06. The van der Waals surface area contributed by atoms with E-state index in [1.54, 1.807) is 12.1 Å². The summed E-state index contributed by atoms with van der Waals surface area (Å²) >= 11 is 0. The molecule has 0 aromatic heterocycles. The minimum atomic E-state index is -0.770. The Labute approximate surface area is 230 Å². The van der Waals surface area contributed by atoms with Crippen LogP contribution in [0.3, 0.4) is 0 Å². The van der Waals surface area contributed by atoms with Gasteiger partial charge in [-0.1, -0.05) is 71.0 Å². The zero-order valence-corrected chi connectivity index (χ0v) is 23.5. The number of anilines is 2. The van der Waals surface area contributed by atoms with Crippen molar-refractivity contribution in [1.29, 1.82) is 0 Å². The first kappa shape index (κ1) is 26.5. The molecule has 1 unspecified atom stereocenters. The lowest BCUT2D eigenvalue weighted by atomic mass is 9.85. The van der Waals surface area contributed by atoms with E-state index in [1.165, 1.54) is 4.90 Å². The number of amides is 1. The van der Waals surface area contributed by atoms with Crippen molar-refractivity contribution in [1.82, 2.24) is 0 Å². The van der Waals surface area contributed by atoms with Crippen molar-refractivity contribution in [2.45, 2.75) is 52.0 Å². The van der Waals surface area contributed by atoms with E-state index >= 15 is 0 Å². The third kappa shape index (κ3) is 4.80. The largest absolute Gasteiger partial charge is 0.507 e. The first-order valence-electron chi connectivity index (χ1n) is 13.5. The smallest absolute Gasteiger partial charge is 0.300 e. The topological polar surface area (TPSA) is 70.1 Å². The maximum Gasteiger partial charge on any atom is 0.300 e. The normalized spacial score (nSPS) is 18.9. The zero-order valence-electron chi connectivity index (χ0n) is 23.5. The highest BCUT2D eigenvalue weighted by atomic mass is 16.5. The van der Waals surface area contributed by atoms with Crippen LogP contribution in [-0.2, 0) is 15.0 Å². The van der Waals surface area contributed by atoms with Gasteiger partial charge in [-0.05, 0) is 58.4 Å². The van der Waals surface area contributed by atoms with Gasteiger partial charge >= 0.3 is 0 Å². The number of benzene rings is 3. The van der Waals surface area contributed by atoms with Crippen LogP contribution < -0.4 is 14.5 Å². The first-order chi connectivity index (χ1) is 18.5. The molecule has 1 amide bonds. The highest BCUT2D eigenvalue weighted by Crippen LogP contribution is 2.44. The van der Waals surface area contributed by atoms with Crippen molar-refractivity contribution in [2.24, 2.45) is 0 Å². The van der Waals surface area contributed by atoms with Gasteiger partial charge in [0.1, 0.15) is 18.1 Å². The Balaban J connectivity index is 1.67. The molecule has 6 heteroatoms. The monoisotopic (exact) mass is 524 g/mol. The molecule has 5 rings (SSSR count). The van der Waals surface area contributed by atoms with Crippen molar-refractivity contribution in [2.75, 3.05) is 30.0 Å². The third-order valence-corrected chi connectivity index (χ3v) is 7.70. The van der Waals surface area contributed by atoms with Crippen LogP contribution in [0.5, 0.6) is 5.75 Å². The Morgan fingerprint density at radius 1 is 0.974 bits per heavy atom. The van der Waals surface area contributed by atoms with Crippen LogP contribution in [0, 0.1) is 0 Å². The lowest BCUT2D eigenvalue weighted by Gasteiger charge is -2.28. The molecule has 0 aliphatic carbocycles. The number of fused-ring (bicyclic) bond motifs is 1. The standard InChI is InChI=1S/C33H36N2O4/c1-20(2)21-9-14-25(15-10-21)35-29(22-7-12-24(13-8-22)33(3,4)5)28(31(37)32(35)38)30(36)23-11-16-27-26(19-23)34(6)17-18-39-27/h7-16,19-20,29,36H,17-18H2,1-6H3/b30-28-. The number of nitrogens with zero attached hydrogens (tertiary/aromatic N) is 2. The minimum absolute atomic E-state index is 0.0513. The SMILES string of the molecule is CC(C)c1ccc(N2C(=O)C(=O)/C(=C(\O)c3ccc4c(c3)N(C)CCO4)C2c2ccc(C(C)(C)C)cc2)cc1. The van der Waals surface area contributed by atoms with E-state index in [1.807, 2.05) is 66.5 Å². The van der Waals surface area contributed by atoms with Crippen molar-refractivity contribution in [3.63, 3.8) is 0 Å². The second-order valence-electron chi connectivity index (χ2n) is 11.7. The van der Waals surface area contributed by atoms with Crippen LogP contribution in [-0.4, -0.2) is 37.0 Å². The van der Waals surface area contributed by atoms with Gasteiger partial charge in [-0.25, -0.2) is 0 Å². The van der Waals surface area contributed by atoms with Gasteiger partial charge in [-0.3, -0.25) is 14.5 Å². The fraction of sp³-hybridized carbons (Fsp3) is 0.333. The number of carbonyl (C=O) groups excluding carboxylic acids is 2. The molecule has 0 saturated carbocycles. The molecule has 3 aromatic rings. The summed E-state index contributed by atoms with van der Waals surface area (Å²) < 4.78 is 5.75. The number of aliphatic hydroxyl groups is 1. The summed E-state index contributed by atoms with van der Waals surface area (Å²) in [7, 11) is 1.96. The number of rotatable bonds is 4. The molecular weight excluding hydrogens is 488 g/mol. The Morgan fingerprint density at radius 3 is 2.26 bits per heavy atom. The number of likely N-dealkylation sites (N-methyl/N-ethyl adjacent to an activating group) is 1. The molecule has 0 spiro atoms. The van der Waals surface area contributed by atoms with Crippen LogP contribution in [0.25, 0.3) is 5.76 Å². The molecule has 3 aromatic carbocycles. The number of hydrogen-bond donors (Lipinski definition) is 1. The number of aliphatic hydroxyl groups excluding tert-OH is 1. The average molecular weight is 525 g/mol. The maximum absolute atomic E-state index is 13.6. The van der Waals surface area contributed by atoms with Gasteiger partial charge in [0.05, 0.1) is 23.8 Å². The van der Waals surface area contributed by atoms with Gasteiger partial charge in [-0.2, -0.15) is 0 Å². The molecule has 0 radical (unpaired) electrons. The van der Waals surface area contributed by atoms with Crippen LogP contribution in [0.1, 0.15) is 68.8 Å². The molecule has 1 N–H and O–H groups in total. The molecule has 2 aliphatic heterocycles. The van der Waals surface area contributed by atoms with E-state index in [9.17, 15) is 14.7 Å². The van der Waals surface area contributed by atoms with Crippen LogP contribution in [0.2, 0.25) is 0 Å². The molecule has 1 saturated heterocycles. The zero-order chi connectivity index (χ0) is 28.1. The summed E-state index contributed by atoms with van der Waals surface area (Å²) in [5.74, 6) is -0.493. The van der Waals surface area contributed by atoms with Gasteiger partial charge in [0.15, 0.2) is 0 Å². The Kier molecular flexibility index (Phi) is 6.75. The van der Waals surface area contributed by atoms with Crippen LogP contribution in [0.4, 0.5) is 11.4 Å². The summed E-state index contributed by atoms with van der Waals surface area (Å²) in [5, 5.41) is 11.6. The van der Waals surface area contributed by atoms with E-state index < -0.39 is 17.7 Å². The third-order valence-electron chi connectivity index (χ3n) is 7.70. The second-order valence-corrected chi connectivity index (χ2v) is 11.7. The molecule has 1 atom stereocenters. The fourth-order valence-electron chi connectivity index (χ4n) is 5.25. The highest BCUT2D eigenvalue weighted by molar-refractivity contribution is 6.51. The lowest BCUT2D eigenvalue weighted by molar-refractivity contribution is -0.132. The summed E-state index contributed by atoms with van der Waals surface area (Å²) in [5.41, 5.74) is 4.98. The molecule has 6 nitrogen and oxygen atoms in total. The molecule has 0 bridgehead atoms. The number of ether oxygens (including phenoxy) is 1. The second kappa shape index (κ2) is 9.92. The van der Waals surface area contributed by atoms with E-state index in [4.69, 9.17) is 4.74 Å². The lowest BCUT2D eigenvalue weighted by Crippen LogP contribution is -2.29. The summed E-state index contributed by atoms with van der Waals surface area (Å²) in [6.45, 7) is 11.9. The van der Waals surface area contributed by atoms with Gasteiger partial charge in [0, 0.05) is 18.3 Å². The van der Waals surface area contributed by atoms with Crippen molar-refractivity contribution in [3.8, 4) is 5.75 Å². The number of carbonyl (C=O) groups is 2. The average Bonchev–Trinajstić information content (AvgIpc) is 3.18. The molecule has 2 heterocycles. The van der Waals surface area contributed by atoms with Crippen molar-refractivity contribution < 1.29 is 19.4 Å². The van der Waals surface area contributed by atoms with Gasteiger partial charge in [0.2, 0.25) is 0 Å². The van der Waals surface area contributed by atoms with E-state index in [2.05, 4.69) is 34.6 Å². The van der Waals surface area contributed by atoms with E-state index in [0.29, 0.717) is 30.3 Å². The number of Topliss-reactive ketones (excluding diaryl/α,β-unsaturated/α-hetero) is 1. The van der Waals surface area contributed by atoms with Gasteiger partial charge in [-0.15, -0.1) is 0 Å². The first-order valence-corrected chi connectivity index (χ1v) is 13.5. The molecule has 1 fully saturated rings. The summed E-state index contributed by atoms with van der Waals surface area (Å²) in [6.07, 6.45) is 0. The molecule has 2 aliphatic rings. The van der Waals surface area contributed by atoms with Crippen LogP contribution in [0.15, 0.2) is 72.3 Å². The van der Waals surface area contributed by atoms with E-state index in [-0.39, 0.29) is 16.7 Å². The van der Waals surface area contributed by atoms with E-state index in [0.717, 1.165) is 28.1 Å². The fourth-order valence-corrected chi connectivity index (χ4v) is 5.25. The predicted octanol–water partition coefficient (Wildman–Crippen LogP) is 6.56. The molecule has 202 valence electrons. The van der Waals surface area contributed by atoms with Gasteiger partial charge in [0.25, 0.3) is 11.7 Å². The maximum atomic E-state index is 13.6. The van der Waals surface area contributed by atoms with Gasteiger partial charge < -0.3 is 14.7 Å². The summed E-state index contributed by atoms with van der Waals surface area (Å²) in [4.78, 5) is 30.7. The predicted molar refractivity (Wildman–Crippen MR) is 156 cm³/mol. The summed E-state index contributed by atoms with van der Waals surface area (Å²) in [6, 6.07) is 20.3. The quantitative estimate of drug-likeness (QED) is 0.238. The Bertz CT molecular complexity index is 1450. The number of hydrogen-bond acceptors (Lipinski definition) is 5. The highest BCUT2D eigenvalue weighted by Gasteiger charge is 2.47. The number of ketones is 1. The van der Waals surface area contributed by atoms with Crippen molar-refractivity contribution in [3.05, 3.63) is 94.6 Å². The molecule has 39 heavy (non-hydrogen) atoms.